The molecule has 110 valence electrons. The van der Waals surface area contributed by atoms with Crippen molar-refractivity contribution in [3.8, 4) is 0 Å². The van der Waals surface area contributed by atoms with Crippen molar-refractivity contribution in [3.63, 3.8) is 0 Å². The molecule has 10 heteroatoms. The Labute approximate surface area is 116 Å². The molecule has 0 atom stereocenters. The summed E-state index contributed by atoms with van der Waals surface area (Å²) >= 11 is 1.86. The number of nitrogens with two attached hydrogens (primary N) is 2. The fourth-order valence-electron chi connectivity index (χ4n) is 1.08. The van der Waals surface area contributed by atoms with Gasteiger partial charge >= 0.3 is 0 Å². The molecule has 0 fully saturated rings. The molecule has 0 unspecified atom stereocenters. The average molecular weight is 310 g/mol. The monoisotopic (exact) mass is 310 g/mol. The summed E-state index contributed by atoms with van der Waals surface area (Å²) in [6, 6.07) is 0. The Balaban J connectivity index is 0.000000555. The smallest absolute Gasteiger partial charge is 0.238 e. The van der Waals surface area contributed by atoms with Gasteiger partial charge < -0.3 is 9.54 Å². The van der Waals surface area contributed by atoms with Crippen LogP contribution in [0, 0.1) is 6.92 Å². The Morgan fingerprint density at radius 1 is 1.68 bits per heavy atom. The van der Waals surface area contributed by atoms with E-state index in [1.165, 1.54) is 0 Å². The van der Waals surface area contributed by atoms with Crippen molar-refractivity contribution >= 4 is 28.0 Å². The maximum Gasteiger partial charge on any atom is 0.238 e. The number of hydrogen-bond acceptors (Lipinski definition) is 5. The van der Waals surface area contributed by atoms with E-state index in [2.05, 4.69) is 9.97 Å². The first kappa shape index (κ1) is 17.9. The molecule has 19 heavy (non-hydrogen) atoms. The van der Waals surface area contributed by atoms with E-state index in [4.69, 9.17) is 28.7 Å². The molecule has 1 aromatic rings. The summed E-state index contributed by atoms with van der Waals surface area (Å²) in [5, 5.41) is 5.36. The maximum atomic E-state index is 8.63. The zero-order valence-electron chi connectivity index (χ0n) is 10.5. The van der Waals surface area contributed by atoms with Crippen molar-refractivity contribution in [1.82, 2.24) is 9.97 Å². The van der Waals surface area contributed by atoms with Crippen LogP contribution in [0.4, 0.5) is 0 Å². The van der Waals surface area contributed by atoms with Crippen molar-refractivity contribution in [2.24, 2.45) is 5.73 Å². The quantitative estimate of drug-likeness (QED) is 0.170. The van der Waals surface area contributed by atoms with E-state index in [-0.39, 0.29) is 0 Å². The minimum atomic E-state index is -4.92. The molecule has 0 aliphatic heterocycles. The van der Waals surface area contributed by atoms with Crippen molar-refractivity contribution in [3.05, 3.63) is 17.7 Å². The highest BCUT2D eigenvalue weighted by Gasteiger charge is 2.01. The Bertz CT molecular complexity index is 478. The molecule has 0 amide bonds. The number of thioether (sulfide) groups is 1. The lowest BCUT2D eigenvalue weighted by molar-refractivity contribution is -0.118. The third-order valence-corrected chi connectivity index (χ3v) is 2.98. The molecule has 0 saturated carbocycles. The lowest BCUT2D eigenvalue weighted by Crippen LogP contribution is -2.45. The summed E-state index contributed by atoms with van der Waals surface area (Å²) in [4.78, 5) is 7.28. The predicted molar refractivity (Wildman–Crippen MR) is 72.2 cm³/mol. The average Bonchev–Trinajstić information content (AvgIpc) is 2.61. The van der Waals surface area contributed by atoms with Gasteiger partial charge in [-0.25, -0.2) is 13.4 Å². The predicted octanol–water partition coefficient (Wildman–Crippen LogP) is -1.15. The number of H-pyrrole nitrogens is 1. The van der Waals surface area contributed by atoms with E-state index in [1.54, 1.807) is 6.33 Å². The Hall–Kier alpha value is -1.10. The minimum Gasteiger partial charge on any atom is -0.726 e. The number of rotatable bonds is 6. The standard InChI is InChI=1S/C9H16N4S.H2O4S/c1-7-8(13-6-12-7)5-14-4-2-3-9(10)11;1-5(2,3)4/h6H,2-5H2,1H3,(H3,10,11)(H,12,13);(H2,1,2,3,4). The fraction of sp³-hybridized carbons (Fsp3) is 0.556. The van der Waals surface area contributed by atoms with Crippen LogP contribution in [0.2, 0.25) is 0 Å². The molecule has 0 aliphatic rings. The van der Waals surface area contributed by atoms with Crippen LogP contribution in [0.1, 0.15) is 24.2 Å². The molecule has 0 saturated heterocycles. The lowest BCUT2D eigenvalue weighted by atomic mass is 10.3. The second-order valence-corrected chi connectivity index (χ2v) is 5.59. The number of amidine groups is 1. The highest BCUT2D eigenvalue weighted by molar-refractivity contribution is 7.98. The van der Waals surface area contributed by atoms with Crippen molar-refractivity contribution in [2.45, 2.75) is 25.5 Å². The summed E-state index contributed by atoms with van der Waals surface area (Å²) in [6.45, 7) is 2.04. The number of nitrogens with zero attached hydrogens (tertiary/aromatic N) is 1. The maximum absolute atomic E-state index is 8.63. The Kier molecular flexibility index (Phi) is 8.39. The molecule has 8 nitrogen and oxygen atoms in total. The van der Waals surface area contributed by atoms with Crippen LogP contribution in [-0.4, -0.2) is 39.1 Å². The summed E-state index contributed by atoms with van der Waals surface area (Å²) < 4.78 is 32.8. The van der Waals surface area contributed by atoms with Gasteiger partial charge in [-0.1, -0.05) is 0 Å². The third kappa shape index (κ3) is 13.1. The largest absolute Gasteiger partial charge is 0.726 e. The van der Waals surface area contributed by atoms with Crippen molar-refractivity contribution in [2.75, 3.05) is 5.75 Å². The van der Waals surface area contributed by atoms with Crippen LogP contribution in [-0.2, 0) is 16.2 Å². The molecule has 0 bridgehead atoms. The van der Waals surface area contributed by atoms with Gasteiger partial charge in [0.05, 0.1) is 12.0 Å². The molecule has 1 rings (SSSR count). The molecule has 0 aliphatic carbocycles. The first-order chi connectivity index (χ1) is 8.70. The van der Waals surface area contributed by atoms with Gasteiger partial charge in [-0.2, -0.15) is 11.8 Å². The third-order valence-electron chi connectivity index (χ3n) is 1.93. The molecule has 0 radical (unpaired) electrons. The van der Waals surface area contributed by atoms with E-state index in [0.717, 1.165) is 35.7 Å². The molecular weight excluding hydrogens is 292 g/mol. The van der Waals surface area contributed by atoms with Gasteiger partial charge in [0.2, 0.25) is 16.2 Å². The zero-order valence-corrected chi connectivity index (χ0v) is 12.1. The number of aryl methyl sites for hydroxylation is 1. The van der Waals surface area contributed by atoms with E-state index < -0.39 is 10.4 Å². The van der Waals surface area contributed by atoms with Gasteiger partial charge in [0.1, 0.15) is 0 Å². The minimum absolute atomic E-state index is 0.529. The van der Waals surface area contributed by atoms with Crippen molar-refractivity contribution < 1.29 is 22.9 Å². The SMILES string of the molecule is Cc1[nH]cnc1CSCCCC(N)=[NH2+].O=S(=O)([O-])O. The van der Waals surface area contributed by atoms with E-state index in [0.29, 0.717) is 5.84 Å². The molecule has 0 spiro atoms. The van der Waals surface area contributed by atoms with E-state index in [9.17, 15) is 0 Å². The summed E-state index contributed by atoms with van der Waals surface area (Å²) in [5.74, 6) is 2.56. The Morgan fingerprint density at radius 3 is 2.68 bits per heavy atom. The van der Waals surface area contributed by atoms with Crippen molar-refractivity contribution in [1.29, 1.82) is 0 Å². The summed E-state index contributed by atoms with van der Waals surface area (Å²) in [6.07, 6.45) is 3.58. The van der Waals surface area contributed by atoms with Gasteiger partial charge in [-0.05, 0) is 19.1 Å². The molecular formula is C9H18N4O4S2. The van der Waals surface area contributed by atoms with Crippen LogP contribution in [0.25, 0.3) is 0 Å². The number of aromatic amines is 1. The van der Waals surface area contributed by atoms with Gasteiger partial charge in [0.25, 0.3) is 0 Å². The van der Waals surface area contributed by atoms with Crippen LogP contribution >= 0.6 is 11.8 Å². The zero-order chi connectivity index (χ0) is 14.9. The molecule has 6 N–H and O–H groups in total. The van der Waals surface area contributed by atoms with E-state index >= 15 is 0 Å². The van der Waals surface area contributed by atoms with Gasteiger partial charge in [0.15, 0.2) is 0 Å². The topological polar surface area (TPSA) is 158 Å². The number of aromatic nitrogens is 2. The number of imidazole rings is 1. The summed E-state index contributed by atoms with van der Waals surface area (Å²) in [5.41, 5.74) is 7.65. The number of nitrogens with one attached hydrogen (secondary N) is 1. The second kappa shape index (κ2) is 8.91. The second-order valence-electron chi connectivity index (χ2n) is 3.63. The first-order valence-corrected chi connectivity index (χ1v) is 7.83. The normalized spacial score (nSPS) is 10.7. The Morgan fingerprint density at radius 2 is 2.26 bits per heavy atom. The highest BCUT2D eigenvalue weighted by Crippen LogP contribution is 2.13. The van der Waals surface area contributed by atoms with Gasteiger partial charge in [0, 0.05) is 17.9 Å². The molecule has 0 aromatic carbocycles. The first-order valence-electron chi connectivity index (χ1n) is 5.31. The molecule has 1 aromatic heterocycles. The van der Waals surface area contributed by atoms with Crippen LogP contribution in [0.3, 0.4) is 0 Å². The summed E-state index contributed by atoms with van der Waals surface area (Å²) in [7, 11) is -4.92. The highest BCUT2D eigenvalue weighted by atomic mass is 32.3. The van der Waals surface area contributed by atoms with Gasteiger partial charge in [-0.3, -0.25) is 15.7 Å². The van der Waals surface area contributed by atoms with Gasteiger partial charge in [-0.15, -0.1) is 0 Å². The van der Waals surface area contributed by atoms with E-state index in [1.807, 2.05) is 18.7 Å². The van der Waals surface area contributed by atoms with Crippen LogP contribution in [0.5, 0.6) is 0 Å². The number of hydrogen-bond donors (Lipinski definition) is 4. The molecule has 1 heterocycles. The van der Waals surface area contributed by atoms with Crippen LogP contribution in [0.15, 0.2) is 6.33 Å². The fourth-order valence-corrected chi connectivity index (χ4v) is 2.06. The van der Waals surface area contributed by atoms with Crippen LogP contribution < -0.4 is 11.1 Å². The lowest BCUT2D eigenvalue weighted by Gasteiger charge is -1.98.